The molecule has 2 aliphatic rings. The second kappa shape index (κ2) is 7.77. The van der Waals surface area contributed by atoms with Crippen LogP contribution in [0.3, 0.4) is 0 Å². The average molecular weight is 401 g/mol. The van der Waals surface area contributed by atoms with Crippen molar-refractivity contribution in [1.82, 2.24) is 5.32 Å². The van der Waals surface area contributed by atoms with Crippen molar-refractivity contribution >= 4 is 22.4 Å². The van der Waals surface area contributed by atoms with Gasteiger partial charge in [0.2, 0.25) is 0 Å². The van der Waals surface area contributed by atoms with E-state index in [4.69, 9.17) is 5.11 Å². The number of nitrogens with zero attached hydrogens (tertiary/aromatic N) is 1. The van der Waals surface area contributed by atoms with Gasteiger partial charge in [-0.3, -0.25) is 4.79 Å². The molecule has 5 rings (SSSR count). The number of fused-ring (bicyclic) bond motifs is 1. The van der Waals surface area contributed by atoms with E-state index < -0.39 is 5.97 Å². The number of aliphatic carboxylic acids is 1. The molecule has 0 bridgehead atoms. The Hall–Kier alpha value is -2.85. The minimum atomic E-state index is -0.669. The van der Waals surface area contributed by atoms with Gasteiger partial charge in [0.15, 0.2) is 0 Å². The highest BCUT2D eigenvalue weighted by Gasteiger charge is 2.44. The molecular weight excluding hydrogens is 372 g/mol. The number of carboxylic acids is 1. The maximum Gasteiger partial charge on any atom is 0.307 e. The summed E-state index contributed by atoms with van der Waals surface area (Å²) in [5, 5.41) is 15.6. The van der Waals surface area contributed by atoms with Crippen LogP contribution in [0.4, 0.5) is 5.69 Å². The predicted octanol–water partition coefficient (Wildman–Crippen LogP) is 4.96. The van der Waals surface area contributed by atoms with Gasteiger partial charge in [-0.2, -0.15) is 0 Å². The molecule has 0 radical (unpaired) electrons. The maximum atomic E-state index is 11.1. The first-order valence-electron chi connectivity index (χ1n) is 10.9. The van der Waals surface area contributed by atoms with Crippen LogP contribution < -0.4 is 10.2 Å². The lowest BCUT2D eigenvalue weighted by Crippen LogP contribution is -2.34. The van der Waals surface area contributed by atoms with E-state index in [-0.39, 0.29) is 11.8 Å². The van der Waals surface area contributed by atoms with Gasteiger partial charge in [0.25, 0.3) is 0 Å². The summed E-state index contributed by atoms with van der Waals surface area (Å²) >= 11 is 0. The zero-order chi connectivity index (χ0) is 20.7. The van der Waals surface area contributed by atoms with Crippen molar-refractivity contribution in [2.24, 2.45) is 5.92 Å². The van der Waals surface area contributed by atoms with Gasteiger partial charge in [0.1, 0.15) is 0 Å². The molecule has 1 aliphatic heterocycles. The van der Waals surface area contributed by atoms with Gasteiger partial charge in [-0.1, -0.05) is 54.6 Å². The largest absolute Gasteiger partial charge is 0.481 e. The molecule has 2 N–H and O–H groups in total. The number of hydrogen-bond donors (Lipinski definition) is 2. The standard InChI is InChI=1S/C26H28N2O2/c1-17(22-8-4-6-18-5-2-3-7-23(18)22)27-20-13-14-28(16-20)21-11-9-19(10-12-21)24-15-25(24)26(29)30/h2-12,17,20,24-25,27H,13-16H2,1H3,(H,29,30)/t17-,20?,24-,25+/m1/s1. The molecule has 1 saturated carbocycles. The molecule has 3 aromatic rings. The van der Waals surface area contributed by atoms with Crippen LogP contribution in [-0.2, 0) is 4.79 Å². The topological polar surface area (TPSA) is 52.6 Å². The van der Waals surface area contributed by atoms with Crippen LogP contribution in [0.25, 0.3) is 10.8 Å². The molecule has 4 heteroatoms. The number of carboxylic acid groups (broad SMARTS) is 1. The molecule has 0 aromatic heterocycles. The Labute approximate surface area is 177 Å². The van der Waals surface area contributed by atoms with Crippen molar-refractivity contribution in [3.63, 3.8) is 0 Å². The average Bonchev–Trinajstić information content (AvgIpc) is 3.45. The highest BCUT2D eigenvalue weighted by molar-refractivity contribution is 5.86. The minimum Gasteiger partial charge on any atom is -0.481 e. The Morgan fingerprint density at radius 3 is 2.60 bits per heavy atom. The number of benzene rings is 3. The third kappa shape index (κ3) is 3.68. The lowest BCUT2D eigenvalue weighted by Gasteiger charge is -2.23. The lowest BCUT2D eigenvalue weighted by atomic mass is 9.99. The summed E-state index contributed by atoms with van der Waals surface area (Å²) in [4.78, 5) is 13.5. The first-order chi connectivity index (χ1) is 14.6. The van der Waals surface area contributed by atoms with E-state index in [9.17, 15) is 4.79 Å². The number of anilines is 1. The number of rotatable bonds is 6. The fraction of sp³-hybridized carbons (Fsp3) is 0.346. The van der Waals surface area contributed by atoms with Gasteiger partial charge < -0.3 is 15.3 Å². The van der Waals surface area contributed by atoms with Crippen LogP contribution in [0.15, 0.2) is 66.7 Å². The lowest BCUT2D eigenvalue weighted by molar-refractivity contribution is -0.138. The molecule has 30 heavy (non-hydrogen) atoms. The normalized spacial score (nSPS) is 24.2. The summed E-state index contributed by atoms with van der Waals surface area (Å²) in [6.45, 7) is 4.30. The van der Waals surface area contributed by atoms with Crippen LogP contribution in [-0.4, -0.2) is 30.2 Å². The summed E-state index contributed by atoms with van der Waals surface area (Å²) in [6.07, 6.45) is 1.90. The van der Waals surface area contributed by atoms with Gasteiger partial charge in [0, 0.05) is 30.9 Å². The predicted molar refractivity (Wildman–Crippen MR) is 121 cm³/mol. The Bertz CT molecular complexity index is 1060. The van der Waals surface area contributed by atoms with E-state index in [2.05, 4.69) is 83.9 Å². The molecule has 154 valence electrons. The zero-order valence-electron chi connectivity index (χ0n) is 17.3. The third-order valence-corrected chi connectivity index (χ3v) is 6.76. The second-order valence-corrected chi connectivity index (χ2v) is 8.77. The highest BCUT2D eigenvalue weighted by Crippen LogP contribution is 2.47. The minimum absolute atomic E-state index is 0.188. The molecule has 1 heterocycles. The summed E-state index contributed by atoms with van der Waals surface area (Å²) in [7, 11) is 0. The Morgan fingerprint density at radius 2 is 1.83 bits per heavy atom. The maximum absolute atomic E-state index is 11.1. The third-order valence-electron chi connectivity index (χ3n) is 6.76. The number of nitrogens with one attached hydrogen (secondary N) is 1. The summed E-state index contributed by atoms with van der Waals surface area (Å²) in [5.41, 5.74) is 3.74. The van der Waals surface area contributed by atoms with Gasteiger partial charge in [-0.05, 0) is 59.7 Å². The van der Waals surface area contributed by atoms with E-state index in [0.717, 1.165) is 31.5 Å². The fourth-order valence-corrected chi connectivity index (χ4v) is 4.97. The van der Waals surface area contributed by atoms with Crippen LogP contribution in [0, 0.1) is 5.92 Å². The van der Waals surface area contributed by atoms with E-state index in [0.29, 0.717) is 12.1 Å². The number of carbonyl (C=O) groups is 1. The van der Waals surface area contributed by atoms with Crippen LogP contribution in [0.2, 0.25) is 0 Å². The fourth-order valence-electron chi connectivity index (χ4n) is 4.97. The van der Waals surface area contributed by atoms with Crippen molar-refractivity contribution in [2.75, 3.05) is 18.0 Å². The summed E-state index contributed by atoms with van der Waals surface area (Å²) < 4.78 is 0. The van der Waals surface area contributed by atoms with E-state index in [1.54, 1.807) is 0 Å². The van der Waals surface area contributed by atoms with Gasteiger partial charge in [0.05, 0.1) is 5.92 Å². The van der Waals surface area contributed by atoms with E-state index in [1.807, 2.05) is 0 Å². The SMILES string of the molecule is C[C@@H](NC1CCN(c2ccc([C@H]3C[C@@H]3C(=O)O)cc2)C1)c1cccc2ccccc12. The summed E-state index contributed by atoms with van der Waals surface area (Å²) in [5.74, 6) is -0.657. The zero-order valence-corrected chi connectivity index (χ0v) is 17.3. The van der Waals surface area contributed by atoms with Crippen LogP contribution in [0.5, 0.6) is 0 Å². The molecule has 0 spiro atoms. The molecule has 3 aromatic carbocycles. The van der Waals surface area contributed by atoms with E-state index in [1.165, 1.54) is 22.0 Å². The quantitative estimate of drug-likeness (QED) is 0.614. The molecular formula is C26H28N2O2. The smallest absolute Gasteiger partial charge is 0.307 e. The van der Waals surface area contributed by atoms with Gasteiger partial charge in [-0.25, -0.2) is 0 Å². The molecule has 1 aliphatic carbocycles. The van der Waals surface area contributed by atoms with Crippen molar-refractivity contribution in [1.29, 1.82) is 0 Å². The monoisotopic (exact) mass is 400 g/mol. The molecule has 4 atom stereocenters. The first-order valence-corrected chi connectivity index (χ1v) is 10.9. The van der Waals surface area contributed by atoms with E-state index >= 15 is 0 Å². The van der Waals surface area contributed by atoms with Gasteiger partial charge >= 0.3 is 5.97 Å². The van der Waals surface area contributed by atoms with Crippen LogP contribution in [0.1, 0.15) is 42.9 Å². The molecule has 4 nitrogen and oxygen atoms in total. The Morgan fingerprint density at radius 1 is 1.07 bits per heavy atom. The summed E-state index contributed by atoms with van der Waals surface area (Å²) in [6, 6.07) is 24.4. The molecule has 0 amide bonds. The van der Waals surface area contributed by atoms with Crippen molar-refractivity contribution in [3.8, 4) is 0 Å². The van der Waals surface area contributed by atoms with Crippen molar-refractivity contribution < 1.29 is 9.90 Å². The molecule has 2 fully saturated rings. The number of hydrogen-bond acceptors (Lipinski definition) is 3. The highest BCUT2D eigenvalue weighted by atomic mass is 16.4. The van der Waals surface area contributed by atoms with Gasteiger partial charge in [-0.15, -0.1) is 0 Å². The Balaban J connectivity index is 1.22. The first kappa shape index (κ1) is 19.1. The molecule has 1 saturated heterocycles. The second-order valence-electron chi connectivity index (χ2n) is 8.77. The van der Waals surface area contributed by atoms with Crippen molar-refractivity contribution in [2.45, 2.75) is 37.8 Å². The Kier molecular flexibility index (Phi) is 4.95. The van der Waals surface area contributed by atoms with Crippen molar-refractivity contribution in [3.05, 3.63) is 77.9 Å². The van der Waals surface area contributed by atoms with Crippen LogP contribution >= 0.6 is 0 Å². The molecule has 1 unspecified atom stereocenters.